The number of esters is 1. The Hall–Kier alpha value is -3.16. The van der Waals surface area contributed by atoms with Gasteiger partial charge in [0.2, 0.25) is 0 Å². The van der Waals surface area contributed by atoms with Gasteiger partial charge in [-0.1, -0.05) is 43.3 Å². The molecular formula is C32H39FN2O4. The van der Waals surface area contributed by atoms with Crippen molar-refractivity contribution in [3.05, 3.63) is 83.4 Å². The van der Waals surface area contributed by atoms with Crippen LogP contribution < -0.4 is 10.7 Å². The first-order valence-corrected chi connectivity index (χ1v) is 14.2. The van der Waals surface area contributed by atoms with Crippen LogP contribution in [0.4, 0.5) is 4.39 Å². The highest BCUT2D eigenvalue weighted by Crippen LogP contribution is 2.40. The fourth-order valence-corrected chi connectivity index (χ4v) is 6.30. The number of carbonyl (C=O) groups excluding carboxylic acids is 1. The third-order valence-electron chi connectivity index (χ3n) is 8.57. The summed E-state index contributed by atoms with van der Waals surface area (Å²) in [5.41, 5.74) is 3.13. The molecule has 1 saturated heterocycles. The second kappa shape index (κ2) is 12.8. The number of fused-ring (bicyclic) bond motifs is 1. The van der Waals surface area contributed by atoms with Crippen LogP contribution in [-0.4, -0.2) is 43.2 Å². The van der Waals surface area contributed by atoms with Crippen LogP contribution in [-0.2, 0) is 14.3 Å². The highest BCUT2D eigenvalue weighted by atomic mass is 19.1. The lowest BCUT2D eigenvalue weighted by Crippen LogP contribution is -2.36. The van der Waals surface area contributed by atoms with E-state index in [1.807, 2.05) is 24.3 Å². The Kier molecular flexibility index (Phi) is 8.99. The van der Waals surface area contributed by atoms with E-state index in [1.54, 1.807) is 12.1 Å². The van der Waals surface area contributed by atoms with E-state index < -0.39 is 0 Å². The number of unbranched alkanes of at least 4 members (excludes halogenated alkanes) is 1. The summed E-state index contributed by atoms with van der Waals surface area (Å²) in [7, 11) is 0. The van der Waals surface area contributed by atoms with Crippen LogP contribution in [0.1, 0.15) is 62.5 Å². The summed E-state index contributed by atoms with van der Waals surface area (Å²) in [6.07, 6.45) is 9.45. The van der Waals surface area contributed by atoms with Crippen molar-refractivity contribution in [1.82, 2.24) is 4.90 Å². The van der Waals surface area contributed by atoms with E-state index in [-0.39, 0.29) is 29.7 Å². The predicted molar refractivity (Wildman–Crippen MR) is 149 cm³/mol. The molecule has 0 aromatic heterocycles. The molecule has 3 aliphatic rings. The monoisotopic (exact) mass is 534 g/mol. The quantitative estimate of drug-likeness (QED) is 0.229. The molecule has 39 heavy (non-hydrogen) atoms. The summed E-state index contributed by atoms with van der Waals surface area (Å²) in [5.74, 6) is 7.12. The normalized spacial score (nSPS) is 22.8. The molecular weight excluding hydrogens is 495 g/mol. The van der Waals surface area contributed by atoms with E-state index >= 15 is 0 Å². The van der Waals surface area contributed by atoms with Gasteiger partial charge in [0, 0.05) is 30.0 Å². The highest BCUT2D eigenvalue weighted by molar-refractivity contribution is 5.94. The van der Waals surface area contributed by atoms with Crippen LogP contribution in [0.2, 0.25) is 0 Å². The number of nitrogens with two attached hydrogens (primary N) is 1. The molecule has 3 atom stereocenters. The zero-order valence-electron chi connectivity index (χ0n) is 22.7. The summed E-state index contributed by atoms with van der Waals surface area (Å²) in [4.78, 5) is 19.7. The standard InChI is InChI=1S/C32H39FN2O4/c1-22(27-11-9-25(33)19-31(27)39-34)23-13-16-35(17-14-23)15-5-6-18-37-26-10-12-28-29(24-7-3-2-4-8-24)21-32(36)38-30(28)20-26/h2-4,7-9,11,19-23,28,30H,5-6,10,12-18,34H2,1H3. The number of allylic oxidation sites excluding steroid dienone is 1. The minimum atomic E-state index is -0.332. The summed E-state index contributed by atoms with van der Waals surface area (Å²) < 4.78 is 25.3. The second-order valence-corrected chi connectivity index (χ2v) is 11.0. The average molecular weight is 535 g/mol. The lowest BCUT2D eigenvalue weighted by Gasteiger charge is -2.35. The number of likely N-dealkylation sites (tertiary alicyclic amines) is 1. The molecule has 0 radical (unpaired) electrons. The van der Waals surface area contributed by atoms with Crippen LogP contribution in [0.3, 0.4) is 0 Å². The third-order valence-corrected chi connectivity index (χ3v) is 8.57. The van der Waals surface area contributed by atoms with Crippen LogP contribution in [0.25, 0.3) is 5.57 Å². The zero-order valence-corrected chi connectivity index (χ0v) is 22.7. The van der Waals surface area contributed by atoms with Crippen molar-refractivity contribution in [1.29, 1.82) is 0 Å². The maximum absolute atomic E-state index is 13.5. The predicted octanol–water partition coefficient (Wildman–Crippen LogP) is 5.99. The van der Waals surface area contributed by atoms with Gasteiger partial charge in [-0.2, -0.15) is 5.90 Å². The van der Waals surface area contributed by atoms with Crippen molar-refractivity contribution < 1.29 is 23.5 Å². The molecule has 0 amide bonds. The number of halogens is 1. The number of hydrogen-bond donors (Lipinski definition) is 1. The van der Waals surface area contributed by atoms with Gasteiger partial charge in [-0.05, 0) is 86.9 Å². The van der Waals surface area contributed by atoms with Crippen molar-refractivity contribution in [2.75, 3.05) is 26.2 Å². The Bertz CT molecular complexity index is 1190. The van der Waals surface area contributed by atoms with E-state index in [2.05, 4.69) is 24.0 Å². The average Bonchev–Trinajstić information content (AvgIpc) is 2.96. The summed E-state index contributed by atoms with van der Waals surface area (Å²) in [6.45, 7) is 6.05. The molecule has 0 spiro atoms. The number of ether oxygens (including phenoxy) is 2. The van der Waals surface area contributed by atoms with Gasteiger partial charge in [-0.25, -0.2) is 9.18 Å². The Labute approximate surface area is 230 Å². The van der Waals surface area contributed by atoms with Gasteiger partial charge < -0.3 is 19.2 Å². The Balaban J connectivity index is 1.03. The van der Waals surface area contributed by atoms with E-state index in [1.165, 1.54) is 12.1 Å². The number of nitrogens with zero attached hydrogens (tertiary/aromatic N) is 1. The van der Waals surface area contributed by atoms with Gasteiger partial charge >= 0.3 is 5.97 Å². The van der Waals surface area contributed by atoms with Crippen LogP contribution in [0.15, 0.2) is 66.4 Å². The first kappa shape index (κ1) is 27.4. The number of benzene rings is 2. The van der Waals surface area contributed by atoms with Crippen molar-refractivity contribution in [3.63, 3.8) is 0 Å². The molecule has 208 valence electrons. The molecule has 1 aliphatic carbocycles. The van der Waals surface area contributed by atoms with Crippen LogP contribution in [0.5, 0.6) is 5.75 Å². The summed E-state index contributed by atoms with van der Waals surface area (Å²) >= 11 is 0. The van der Waals surface area contributed by atoms with Gasteiger partial charge in [0.25, 0.3) is 0 Å². The highest BCUT2D eigenvalue weighted by Gasteiger charge is 2.35. The fourth-order valence-electron chi connectivity index (χ4n) is 6.30. The third kappa shape index (κ3) is 6.71. The minimum absolute atomic E-state index is 0.181. The SMILES string of the molecule is CC(c1ccc(F)cc1ON)C1CCN(CCCCOC2=CC3OC(=O)C=C(c4ccccc4)C3CC2)CC1. The van der Waals surface area contributed by atoms with Crippen molar-refractivity contribution in [3.8, 4) is 5.75 Å². The number of hydrogen-bond acceptors (Lipinski definition) is 6. The Morgan fingerprint density at radius 2 is 1.90 bits per heavy atom. The molecule has 0 saturated carbocycles. The largest absolute Gasteiger partial charge is 0.498 e. The lowest BCUT2D eigenvalue weighted by molar-refractivity contribution is -0.143. The first-order valence-electron chi connectivity index (χ1n) is 14.2. The maximum atomic E-state index is 13.5. The zero-order chi connectivity index (χ0) is 27.2. The first-order chi connectivity index (χ1) is 19.0. The minimum Gasteiger partial charge on any atom is -0.498 e. The van der Waals surface area contributed by atoms with Crippen LogP contribution >= 0.6 is 0 Å². The van der Waals surface area contributed by atoms with Gasteiger partial charge in [-0.15, -0.1) is 0 Å². The Morgan fingerprint density at radius 1 is 1.10 bits per heavy atom. The molecule has 3 unspecified atom stereocenters. The van der Waals surface area contributed by atoms with Gasteiger partial charge in [0.15, 0.2) is 5.75 Å². The topological polar surface area (TPSA) is 74.0 Å². The second-order valence-electron chi connectivity index (χ2n) is 11.0. The Morgan fingerprint density at radius 3 is 2.67 bits per heavy atom. The number of piperidine rings is 1. The van der Waals surface area contributed by atoms with Gasteiger partial charge in [0.1, 0.15) is 11.9 Å². The molecule has 5 rings (SSSR count). The summed E-state index contributed by atoms with van der Waals surface area (Å²) in [5, 5.41) is 0. The van der Waals surface area contributed by atoms with E-state index in [0.29, 0.717) is 18.3 Å². The molecule has 7 heteroatoms. The van der Waals surface area contributed by atoms with Gasteiger partial charge in [-0.3, -0.25) is 0 Å². The smallest absolute Gasteiger partial charge is 0.331 e. The fraction of sp³-hybridized carbons (Fsp3) is 0.469. The van der Waals surface area contributed by atoms with Crippen LogP contribution in [0, 0.1) is 17.7 Å². The molecule has 1 fully saturated rings. The summed E-state index contributed by atoms with van der Waals surface area (Å²) in [6, 6.07) is 14.7. The van der Waals surface area contributed by atoms with E-state index in [0.717, 1.165) is 80.6 Å². The molecule has 2 aliphatic heterocycles. The number of carbonyl (C=O) groups is 1. The van der Waals surface area contributed by atoms with Crippen molar-refractivity contribution >= 4 is 11.5 Å². The molecule has 2 aromatic carbocycles. The maximum Gasteiger partial charge on any atom is 0.331 e. The lowest BCUT2D eigenvalue weighted by atomic mass is 9.80. The molecule has 2 heterocycles. The van der Waals surface area contributed by atoms with Crippen molar-refractivity contribution in [2.45, 2.75) is 57.5 Å². The van der Waals surface area contributed by atoms with E-state index in [4.69, 9.17) is 20.2 Å². The molecule has 0 bridgehead atoms. The van der Waals surface area contributed by atoms with Crippen molar-refractivity contribution in [2.24, 2.45) is 17.7 Å². The molecule has 2 N–H and O–H groups in total. The molecule has 2 aromatic rings. The van der Waals surface area contributed by atoms with Gasteiger partial charge in [0.05, 0.1) is 12.4 Å². The number of rotatable bonds is 10. The van der Waals surface area contributed by atoms with E-state index in [9.17, 15) is 9.18 Å². The molecule has 6 nitrogen and oxygen atoms in total.